The van der Waals surface area contributed by atoms with Crippen LogP contribution < -0.4 is 16.0 Å². The molecule has 9 heteroatoms. The zero-order valence-corrected chi connectivity index (χ0v) is 19.3. The molecule has 0 aromatic heterocycles. The molecule has 9 nitrogen and oxygen atoms in total. The number of aliphatic hydroxyl groups excluding tert-OH is 2. The fraction of sp³-hybridized carbons (Fsp3) is 0.400. The van der Waals surface area contributed by atoms with Crippen molar-refractivity contribution in [3.05, 3.63) is 71.8 Å². The molecule has 184 valence electrons. The summed E-state index contributed by atoms with van der Waals surface area (Å²) in [5.74, 6) is -1.26. The predicted octanol–water partition coefficient (Wildman–Crippen LogP) is 1.28. The minimum Gasteiger partial charge on any atom is -0.445 e. The van der Waals surface area contributed by atoms with E-state index in [1.807, 2.05) is 48.5 Å². The summed E-state index contributed by atoms with van der Waals surface area (Å²) >= 11 is 0. The highest BCUT2D eigenvalue weighted by Crippen LogP contribution is 2.04. The molecule has 34 heavy (non-hydrogen) atoms. The van der Waals surface area contributed by atoms with E-state index in [1.54, 1.807) is 12.1 Å². The van der Waals surface area contributed by atoms with Crippen LogP contribution in [0.2, 0.25) is 0 Å². The smallest absolute Gasteiger partial charge is 0.408 e. The van der Waals surface area contributed by atoms with Gasteiger partial charge in [0, 0.05) is 13.2 Å². The number of hydrogen-bond acceptors (Lipinski definition) is 6. The number of rotatable bonds is 13. The lowest BCUT2D eigenvalue weighted by atomic mass is 10.1. The second-order valence-corrected chi connectivity index (χ2v) is 7.88. The van der Waals surface area contributed by atoms with Crippen LogP contribution in [0.5, 0.6) is 0 Å². The maximum Gasteiger partial charge on any atom is 0.408 e. The summed E-state index contributed by atoms with van der Waals surface area (Å²) in [7, 11) is 0. The van der Waals surface area contributed by atoms with Gasteiger partial charge in [0.25, 0.3) is 5.91 Å². The Hall–Kier alpha value is -3.43. The van der Waals surface area contributed by atoms with Gasteiger partial charge in [-0.15, -0.1) is 0 Å². The highest BCUT2D eigenvalue weighted by molar-refractivity contribution is 5.87. The number of amides is 3. The van der Waals surface area contributed by atoms with Crippen molar-refractivity contribution < 1.29 is 29.3 Å². The molecule has 3 amide bonds. The molecule has 0 saturated carbocycles. The van der Waals surface area contributed by atoms with Crippen molar-refractivity contribution in [2.24, 2.45) is 0 Å². The maximum absolute atomic E-state index is 12.5. The van der Waals surface area contributed by atoms with Crippen LogP contribution in [0.3, 0.4) is 0 Å². The molecule has 0 heterocycles. The van der Waals surface area contributed by atoms with Crippen molar-refractivity contribution >= 4 is 17.9 Å². The van der Waals surface area contributed by atoms with Crippen LogP contribution in [-0.4, -0.2) is 59.5 Å². The van der Waals surface area contributed by atoms with Gasteiger partial charge in [0.05, 0.1) is 6.04 Å². The highest BCUT2D eigenvalue weighted by atomic mass is 16.5. The molecular weight excluding hydrogens is 438 g/mol. The summed E-state index contributed by atoms with van der Waals surface area (Å²) in [5.41, 5.74) is 1.95. The van der Waals surface area contributed by atoms with Crippen molar-refractivity contribution in [3.63, 3.8) is 0 Å². The molecule has 0 aliphatic rings. The predicted molar refractivity (Wildman–Crippen MR) is 127 cm³/mol. The van der Waals surface area contributed by atoms with Gasteiger partial charge in [0.15, 0.2) is 6.10 Å². The Labute approximate surface area is 199 Å². The van der Waals surface area contributed by atoms with Crippen LogP contribution in [0, 0.1) is 0 Å². The standard InChI is InChI=1S/C25H33N3O6/c1-18(27-25(33)34-17-20-11-6-3-7-12-20)23(31)28-21(14-16-29)22(30)24(32)26-15-8-13-19-9-4-2-5-10-19/h2-7,9-12,18,21-22,29-30H,8,13-17H2,1H3,(H,26,32)(H,27,33)(H,28,31)/t18-,21?,22?/m0/s1. The molecule has 5 N–H and O–H groups in total. The first-order chi connectivity index (χ1) is 16.4. The first-order valence-electron chi connectivity index (χ1n) is 11.3. The van der Waals surface area contributed by atoms with Gasteiger partial charge < -0.3 is 30.9 Å². The molecule has 2 rings (SSSR count). The van der Waals surface area contributed by atoms with Gasteiger partial charge in [0.2, 0.25) is 5.91 Å². The van der Waals surface area contributed by atoms with Gasteiger partial charge >= 0.3 is 6.09 Å². The summed E-state index contributed by atoms with van der Waals surface area (Å²) in [6.45, 7) is 1.52. The van der Waals surface area contributed by atoms with Crippen LogP contribution >= 0.6 is 0 Å². The Kier molecular flexibility index (Phi) is 11.6. The lowest BCUT2D eigenvalue weighted by molar-refractivity contribution is -0.132. The number of hydrogen-bond donors (Lipinski definition) is 5. The van der Waals surface area contributed by atoms with Crippen LogP contribution in [0.25, 0.3) is 0 Å². The van der Waals surface area contributed by atoms with E-state index in [1.165, 1.54) is 6.92 Å². The summed E-state index contributed by atoms with van der Waals surface area (Å²) < 4.78 is 5.09. The first-order valence-corrected chi connectivity index (χ1v) is 11.3. The third-order valence-electron chi connectivity index (χ3n) is 5.14. The molecule has 0 fully saturated rings. The molecule has 0 saturated heterocycles. The second kappa shape index (κ2) is 14.7. The number of nitrogens with one attached hydrogen (secondary N) is 3. The van der Waals surface area contributed by atoms with Crippen LogP contribution in [0.15, 0.2) is 60.7 Å². The monoisotopic (exact) mass is 471 g/mol. The van der Waals surface area contributed by atoms with E-state index in [0.717, 1.165) is 17.5 Å². The second-order valence-electron chi connectivity index (χ2n) is 7.88. The van der Waals surface area contributed by atoms with E-state index < -0.39 is 36.1 Å². The van der Waals surface area contributed by atoms with Crippen LogP contribution in [-0.2, 0) is 27.4 Å². The van der Waals surface area contributed by atoms with Gasteiger partial charge in [-0.1, -0.05) is 60.7 Å². The number of carbonyl (C=O) groups is 3. The van der Waals surface area contributed by atoms with Crippen molar-refractivity contribution in [2.45, 2.75) is 51.0 Å². The lowest BCUT2D eigenvalue weighted by Gasteiger charge is -2.24. The van der Waals surface area contributed by atoms with E-state index in [-0.39, 0.29) is 19.6 Å². The largest absolute Gasteiger partial charge is 0.445 e. The molecule has 2 aromatic rings. The number of benzene rings is 2. The molecular formula is C25H33N3O6. The quantitative estimate of drug-likeness (QED) is 0.279. The van der Waals surface area contributed by atoms with Crippen molar-refractivity contribution in [1.29, 1.82) is 0 Å². The summed E-state index contributed by atoms with van der Waals surface area (Å²) in [5, 5.41) is 27.3. The first kappa shape index (κ1) is 26.8. The van der Waals surface area contributed by atoms with E-state index in [0.29, 0.717) is 13.0 Å². The maximum atomic E-state index is 12.5. The molecule has 0 aliphatic heterocycles. The van der Waals surface area contributed by atoms with Gasteiger partial charge in [-0.25, -0.2) is 4.79 Å². The normalized spacial score (nSPS) is 13.3. The molecule has 2 unspecified atom stereocenters. The Bertz CT molecular complexity index is 894. The van der Waals surface area contributed by atoms with Gasteiger partial charge in [-0.3, -0.25) is 9.59 Å². The number of aryl methyl sites for hydroxylation is 1. The fourth-order valence-electron chi connectivity index (χ4n) is 3.20. The van der Waals surface area contributed by atoms with Gasteiger partial charge in [-0.2, -0.15) is 0 Å². The van der Waals surface area contributed by atoms with Crippen molar-refractivity contribution in [2.75, 3.05) is 13.2 Å². The zero-order chi connectivity index (χ0) is 24.8. The average Bonchev–Trinajstić information content (AvgIpc) is 2.85. The van der Waals surface area contributed by atoms with Crippen LogP contribution in [0.4, 0.5) is 4.79 Å². The van der Waals surface area contributed by atoms with E-state index in [4.69, 9.17) is 4.74 Å². The Morgan fingerprint density at radius 1 is 0.912 bits per heavy atom. The summed E-state index contributed by atoms with van der Waals surface area (Å²) in [4.78, 5) is 36.8. The third-order valence-corrected chi connectivity index (χ3v) is 5.14. The molecule has 2 aromatic carbocycles. The van der Waals surface area contributed by atoms with E-state index in [9.17, 15) is 24.6 Å². The Morgan fingerprint density at radius 3 is 2.15 bits per heavy atom. The summed E-state index contributed by atoms with van der Waals surface area (Å²) in [6.07, 6.45) is -0.898. The molecule has 0 spiro atoms. The molecule has 0 bridgehead atoms. The minimum atomic E-state index is -1.55. The number of alkyl carbamates (subject to hydrolysis) is 1. The molecule has 0 aliphatic carbocycles. The topological polar surface area (TPSA) is 137 Å². The third kappa shape index (κ3) is 9.60. The van der Waals surface area contributed by atoms with E-state index in [2.05, 4.69) is 16.0 Å². The zero-order valence-electron chi connectivity index (χ0n) is 19.3. The number of carbonyl (C=O) groups excluding carboxylic acids is 3. The van der Waals surface area contributed by atoms with Crippen molar-refractivity contribution in [1.82, 2.24) is 16.0 Å². The summed E-state index contributed by atoms with van der Waals surface area (Å²) in [6, 6.07) is 16.9. The SMILES string of the molecule is C[C@H](NC(=O)OCc1ccccc1)C(=O)NC(CCO)C(O)C(=O)NCCCc1ccccc1. The fourth-order valence-corrected chi connectivity index (χ4v) is 3.20. The lowest BCUT2D eigenvalue weighted by Crippen LogP contribution is -2.55. The van der Waals surface area contributed by atoms with Gasteiger partial charge in [-0.05, 0) is 37.3 Å². The Morgan fingerprint density at radius 2 is 1.53 bits per heavy atom. The molecule has 3 atom stereocenters. The Balaban J connectivity index is 1.76. The van der Waals surface area contributed by atoms with E-state index >= 15 is 0 Å². The molecule has 0 radical (unpaired) electrons. The average molecular weight is 472 g/mol. The minimum absolute atomic E-state index is 0.0322. The number of aliphatic hydroxyl groups is 2. The highest BCUT2D eigenvalue weighted by Gasteiger charge is 2.29. The van der Waals surface area contributed by atoms with Crippen LogP contribution in [0.1, 0.15) is 30.9 Å². The van der Waals surface area contributed by atoms with Crippen molar-refractivity contribution in [3.8, 4) is 0 Å². The van der Waals surface area contributed by atoms with Gasteiger partial charge in [0.1, 0.15) is 12.6 Å². The number of ether oxygens (including phenoxy) is 1.